The Bertz CT molecular complexity index is 384. The second-order valence-corrected chi connectivity index (χ2v) is 22.7. The van der Waals surface area contributed by atoms with E-state index in [1.54, 1.807) is 14.5 Å². The normalized spacial score (nSPS) is 18.3. The van der Waals surface area contributed by atoms with E-state index in [9.17, 15) is 0 Å². The molecule has 0 fully saturated rings. The van der Waals surface area contributed by atoms with Crippen LogP contribution < -0.4 is 0 Å². The average Bonchev–Trinajstić information content (AvgIpc) is 2.28. The predicted molar refractivity (Wildman–Crippen MR) is 81.4 cm³/mol. The van der Waals surface area contributed by atoms with Crippen molar-refractivity contribution in [3.05, 3.63) is 20.0 Å². The van der Waals surface area contributed by atoms with Crippen molar-refractivity contribution in [1.82, 2.24) is 8.66 Å². The van der Waals surface area contributed by atoms with Crippen LogP contribution in [-0.2, 0) is 20.8 Å². The molecule has 1 aliphatic rings. The van der Waals surface area contributed by atoms with Crippen LogP contribution in [0.2, 0.25) is 0 Å². The standard InChI is InChI=1S/C9H13.3C2H6N.Hf/c1-7-5-4-6-8(2)9(7)3;3*1-3-2;/h4-5H2,1-3H3;3*1-2H3;/q;3*-1;+3. The minimum atomic E-state index is -2.98. The van der Waals surface area contributed by atoms with Gasteiger partial charge in [0.25, 0.3) is 0 Å². The fourth-order valence-corrected chi connectivity index (χ4v) is 22.2. The molecule has 0 aromatic carbocycles. The number of hydrogen-bond donors (Lipinski definition) is 0. The van der Waals surface area contributed by atoms with Crippen LogP contribution in [0.5, 0.6) is 0 Å². The van der Waals surface area contributed by atoms with Crippen LogP contribution in [0.25, 0.3) is 0 Å². The van der Waals surface area contributed by atoms with Gasteiger partial charge in [-0.3, -0.25) is 0 Å². The summed E-state index contributed by atoms with van der Waals surface area (Å²) in [7, 11) is 13.6. The molecule has 19 heavy (non-hydrogen) atoms. The SMILES string of the molecule is CC1=C(C)C(C)=[C]([Hf]([N](C)C)([N](C)C)[N](C)C)CC1. The molecule has 0 spiro atoms. The Morgan fingerprint density at radius 1 is 0.684 bits per heavy atom. The van der Waals surface area contributed by atoms with E-state index in [0.29, 0.717) is 0 Å². The third-order valence-corrected chi connectivity index (χ3v) is 23.3. The van der Waals surface area contributed by atoms with Gasteiger partial charge >= 0.3 is 125 Å². The Balaban J connectivity index is 3.51. The maximum atomic E-state index is 2.54. The first-order valence-electron chi connectivity index (χ1n) is 7.06. The number of rotatable bonds is 4. The molecule has 1 rings (SSSR count). The van der Waals surface area contributed by atoms with Crippen LogP contribution >= 0.6 is 0 Å². The molecule has 0 unspecified atom stereocenters. The molecular formula is C15H31HfN3. The molecule has 0 aliphatic heterocycles. The molecule has 0 N–H and O–H groups in total. The second kappa shape index (κ2) is 6.33. The van der Waals surface area contributed by atoms with Gasteiger partial charge in [0.2, 0.25) is 0 Å². The third-order valence-electron chi connectivity index (χ3n) is 4.68. The van der Waals surface area contributed by atoms with Gasteiger partial charge in [-0.05, 0) is 0 Å². The first-order chi connectivity index (χ1) is 8.67. The Kier molecular flexibility index (Phi) is 5.76. The van der Waals surface area contributed by atoms with Crippen LogP contribution in [-0.4, -0.2) is 50.9 Å². The van der Waals surface area contributed by atoms with Crippen LogP contribution in [0.3, 0.4) is 0 Å². The zero-order valence-electron chi connectivity index (χ0n) is 14.3. The van der Waals surface area contributed by atoms with Gasteiger partial charge in [-0.25, -0.2) is 0 Å². The van der Waals surface area contributed by atoms with Gasteiger partial charge < -0.3 is 0 Å². The van der Waals surface area contributed by atoms with E-state index in [-0.39, 0.29) is 0 Å². The topological polar surface area (TPSA) is 9.72 Å². The molecule has 0 atom stereocenters. The maximum absolute atomic E-state index is 2.98. The van der Waals surface area contributed by atoms with Crippen molar-refractivity contribution >= 4 is 0 Å². The quantitative estimate of drug-likeness (QED) is 0.634. The molecule has 0 amide bonds. The molecule has 0 aromatic heterocycles. The zero-order chi connectivity index (χ0) is 15.0. The average molecular weight is 432 g/mol. The van der Waals surface area contributed by atoms with Crippen molar-refractivity contribution < 1.29 is 20.8 Å². The molecule has 110 valence electrons. The second-order valence-electron chi connectivity index (χ2n) is 6.33. The van der Waals surface area contributed by atoms with E-state index in [1.807, 2.05) is 0 Å². The minimum absolute atomic E-state index is 1.23. The van der Waals surface area contributed by atoms with Crippen LogP contribution in [0.1, 0.15) is 33.6 Å². The third kappa shape index (κ3) is 2.82. The summed E-state index contributed by atoms with van der Waals surface area (Å²) < 4.78 is 9.37. The summed E-state index contributed by atoms with van der Waals surface area (Å²) in [4.78, 5) is 0. The van der Waals surface area contributed by atoms with E-state index in [2.05, 4.69) is 71.7 Å². The molecule has 4 heteroatoms. The van der Waals surface area contributed by atoms with Crippen LogP contribution in [0, 0.1) is 0 Å². The molecule has 0 aromatic rings. The van der Waals surface area contributed by atoms with Gasteiger partial charge in [0.1, 0.15) is 0 Å². The Morgan fingerprint density at radius 3 is 1.47 bits per heavy atom. The van der Waals surface area contributed by atoms with E-state index in [0.717, 1.165) is 0 Å². The van der Waals surface area contributed by atoms with Crippen LogP contribution in [0.15, 0.2) is 20.0 Å². The molecule has 0 heterocycles. The zero-order valence-corrected chi connectivity index (χ0v) is 17.8. The molecule has 3 nitrogen and oxygen atoms in total. The van der Waals surface area contributed by atoms with Gasteiger partial charge in [0.15, 0.2) is 0 Å². The van der Waals surface area contributed by atoms with Gasteiger partial charge in [-0.15, -0.1) is 0 Å². The van der Waals surface area contributed by atoms with Crippen molar-refractivity contribution in [3.8, 4) is 0 Å². The van der Waals surface area contributed by atoms with E-state index in [1.165, 1.54) is 18.4 Å². The van der Waals surface area contributed by atoms with E-state index in [4.69, 9.17) is 0 Å². The van der Waals surface area contributed by atoms with Crippen molar-refractivity contribution in [1.29, 1.82) is 0 Å². The van der Waals surface area contributed by atoms with Gasteiger partial charge in [0.05, 0.1) is 0 Å². The predicted octanol–water partition coefficient (Wildman–Crippen LogP) is 2.97. The Hall–Kier alpha value is 0.230. The van der Waals surface area contributed by atoms with E-state index < -0.39 is 20.8 Å². The van der Waals surface area contributed by atoms with Crippen molar-refractivity contribution in [3.63, 3.8) is 0 Å². The summed E-state index contributed by atoms with van der Waals surface area (Å²) in [5.74, 6) is 0. The Morgan fingerprint density at radius 2 is 1.11 bits per heavy atom. The fraction of sp³-hybridized carbons (Fsp3) is 0.733. The summed E-state index contributed by atoms with van der Waals surface area (Å²) in [5.41, 5.74) is 4.65. The van der Waals surface area contributed by atoms with Gasteiger partial charge in [-0.1, -0.05) is 0 Å². The Labute approximate surface area is 125 Å². The summed E-state index contributed by atoms with van der Waals surface area (Å²) in [6.45, 7) is 6.91. The molecule has 1 aliphatic carbocycles. The molecular weight excluding hydrogens is 401 g/mol. The number of nitrogens with zero attached hydrogens (tertiary/aromatic N) is 3. The summed E-state index contributed by atoms with van der Waals surface area (Å²) >= 11 is -2.98. The first kappa shape index (κ1) is 17.3. The fourth-order valence-electron chi connectivity index (χ4n) is 3.66. The van der Waals surface area contributed by atoms with Gasteiger partial charge in [0, 0.05) is 0 Å². The summed E-state index contributed by atoms with van der Waals surface area (Å²) in [5, 5.41) is 0. The van der Waals surface area contributed by atoms with Crippen LogP contribution in [0.4, 0.5) is 0 Å². The van der Waals surface area contributed by atoms with Crippen molar-refractivity contribution in [2.75, 3.05) is 42.3 Å². The monoisotopic (exact) mass is 433 g/mol. The van der Waals surface area contributed by atoms with Crippen molar-refractivity contribution in [2.24, 2.45) is 0 Å². The molecule has 0 radical (unpaired) electrons. The summed E-state index contributed by atoms with van der Waals surface area (Å²) in [6, 6.07) is 0. The van der Waals surface area contributed by atoms with E-state index >= 15 is 0 Å². The molecule has 0 saturated heterocycles. The number of allylic oxidation sites excluding steroid dienone is 4. The first-order valence-corrected chi connectivity index (χ1v) is 13.7. The molecule has 0 bridgehead atoms. The van der Waals surface area contributed by atoms with Crippen molar-refractivity contribution in [2.45, 2.75) is 33.6 Å². The number of hydrogen-bond acceptors (Lipinski definition) is 3. The molecule has 0 saturated carbocycles. The summed E-state index contributed by atoms with van der Waals surface area (Å²) in [6.07, 6.45) is 2.47. The van der Waals surface area contributed by atoms with Gasteiger partial charge in [-0.2, -0.15) is 0 Å².